The number of likely N-dealkylation sites (tertiary alicyclic amines) is 1. The van der Waals surface area contributed by atoms with E-state index in [2.05, 4.69) is 4.84 Å². The third kappa shape index (κ3) is 2.92. The standard InChI is InChI=1S/C10H12N2O7/c13-7-1-2-8(14)12(7)19-10(17)18-6-3-4-11(5-6)9(15)16/h6H,1-5H2,(H,15,16). The maximum atomic E-state index is 11.4. The zero-order chi connectivity index (χ0) is 14.0. The summed E-state index contributed by atoms with van der Waals surface area (Å²) in [6.45, 7) is 0.307. The molecule has 0 radical (unpaired) electrons. The maximum absolute atomic E-state index is 11.4. The second-order valence-corrected chi connectivity index (χ2v) is 4.18. The second-order valence-electron chi connectivity index (χ2n) is 4.18. The highest BCUT2D eigenvalue weighted by molar-refractivity contribution is 6.01. The normalized spacial score (nSPS) is 22.8. The molecule has 0 aromatic heterocycles. The maximum Gasteiger partial charge on any atom is 0.534 e. The summed E-state index contributed by atoms with van der Waals surface area (Å²) in [6.07, 6.45) is -2.55. The van der Waals surface area contributed by atoms with Crippen molar-refractivity contribution in [1.29, 1.82) is 0 Å². The molecule has 104 valence electrons. The predicted octanol–water partition coefficient (Wildman–Crippen LogP) is -0.0441. The van der Waals surface area contributed by atoms with Gasteiger partial charge in [0, 0.05) is 25.8 Å². The van der Waals surface area contributed by atoms with Crippen LogP contribution in [0.2, 0.25) is 0 Å². The Hall–Kier alpha value is -2.32. The van der Waals surface area contributed by atoms with Crippen LogP contribution in [0.15, 0.2) is 0 Å². The smallest absolute Gasteiger partial charge is 0.465 e. The number of carbonyl (C=O) groups excluding carboxylic acids is 3. The minimum atomic E-state index is -1.18. The molecule has 19 heavy (non-hydrogen) atoms. The summed E-state index contributed by atoms with van der Waals surface area (Å²) in [5.41, 5.74) is 0. The average Bonchev–Trinajstić information content (AvgIpc) is 2.91. The van der Waals surface area contributed by atoms with Crippen LogP contribution in [0.1, 0.15) is 19.3 Å². The van der Waals surface area contributed by atoms with E-state index in [9.17, 15) is 19.2 Å². The number of nitrogens with zero attached hydrogens (tertiary/aromatic N) is 2. The minimum absolute atomic E-state index is 0.00232. The van der Waals surface area contributed by atoms with Crippen molar-refractivity contribution in [2.75, 3.05) is 13.1 Å². The topological polar surface area (TPSA) is 113 Å². The first-order valence-electron chi connectivity index (χ1n) is 5.69. The summed E-state index contributed by atoms with van der Waals surface area (Å²) in [4.78, 5) is 50.0. The van der Waals surface area contributed by atoms with Gasteiger partial charge in [-0.15, -0.1) is 0 Å². The van der Waals surface area contributed by atoms with Crippen LogP contribution in [-0.2, 0) is 19.2 Å². The lowest BCUT2D eigenvalue weighted by atomic mass is 10.3. The van der Waals surface area contributed by atoms with Gasteiger partial charge in [0.2, 0.25) is 0 Å². The highest BCUT2D eigenvalue weighted by Crippen LogP contribution is 2.16. The Morgan fingerprint density at radius 3 is 2.37 bits per heavy atom. The van der Waals surface area contributed by atoms with Gasteiger partial charge in [-0.1, -0.05) is 5.06 Å². The molecule has 9 nitrogen and oxygen atoms in total. The van der Waals surface area contributed by atoms with Crippen LogP contribution >= 0.6 is 0 Å². The summed E-state index contributed by atoms with van der Waals surface area (Å²) >= 11 is 0. The first kappa shape index (κ1) is 13.1. The van der Waals surface area contributed by atoms with Crippen molar-refractivity contribution in [1.82, 2.24) is 9.96 Å². The molecule has 1 atom stereocenters. The summed E-state index contributed by atoms with van der Waals surface area (Å²) in [6, 6.07) is 0. The van der Waals surface area contributed by atoms with E-state index in [0.29, 0.717) is 11.5 Å². The van der Waals surface area contributed by atoms with Crippen molar-refractivity contribution in [2.24, 2.45) is 0 Å². The molecule has 2 aliphatic heterocycles. The average molecular weight is 272 g/mol. The first-order valence-corrected chi connectivity index (χ1v) is 5.69. The predicted molar refractivity (Wildman–Crippen MR) is 56.7 cm³/mol. The fourth-order valence-corrected chi connectivity index (χ4v) is 1.89. The summed E-state index contributed by atoms with van der Waals surface area (Å²) in [7, 11) is 0. The van der Waals surface area contributed by atoms with Gasteiger partial charge in [-0.05, 0) is 0 Å². The number of ether oxygens (including phenoxy) is 1. The molecule has 0 bridgehead atoms. The van der Waals surface area contributed by atoms with Crippen LogP contribution in [0.25, 0.3) is 0 Å². The van der Waals surface area contributed by atoms with E-state index in [0.717, 1.165) is 4.90 Å². The van der Waals surface area contributed by atoms with Gasteiger partial charge in [0.25, 0.3) is 11.8 Å². The first-order chi connectivity index (χ1) is 8.97. The molecule has 2 aliphatic rings. The molecule has 2 heterocycles. The van der Waals surface area contributed by atoms with Crippen LogP contribution < -0.4 is 0 Å². The minimum Gasteiger partial charge on any atom is -0.465 e. The molecule has 2 saturated heterocycles. The second kappa shape index (κ2) is 5.12. The van der Waals surface area contributed by atoms with E-state index in [-0.39, 0.29) is 25.9 Å². The van der Waals surface area contributed by atoms with Gasteiger partial charge in [0.15, 0.2) is 0 Å². The SMILES string of the molecule is O=C(OC1CCN(C(=O)O)C1)ON1C(=O)CCC1=O. The van der Waals surface area contributed by atoms with Crippen molar-refractivity contribution in [3.05, 3.63) is 0 Å². The number of rotatable bonds is 2. The third-order valence-corrected chi connectivity index (χ3v) is 2.85. The zero-order valence-corrected chi connectivity index (χ0v) is 9.90. The Bertz CT molecular complexity index is 420. The van der Waals surface area contributed by atoms with Crippen LogP contribution in [-0.4, -0.2) is 58.3 Å². The van der Waals surface area contributed by atoms with E-state index in [1.807, 2.05) is 0 Å². The lowest BCUT2D eigenvalue weighted by Gasteiger charge is -2.15. The van der Waals surface area contributed by atoms with Gasteiger partial charge < -0.3 is 14.7 Å². The lowest BCUT2D eigenvalue weighted by Crippen LogP contribution is -2.34. The van der Waals surface area contributed by atoms with E-state index >= 15 is 0 Å². The van der Waals surface area contributed by atoms with Gasteiger partial charge in [-0.2, -0.15) is 0 Å². The molecular weight excluding hydrogens is 260 g/mol. The van der Waals surface area contributed by atoms with Crippen molar-refractivity contribution < 1.29 is 33.9 Å². The lowest BCUT2D eigenvalue weighted by molar-refractivity contribution is -0.178. The van der Waals surface area contributed by atoms with Crippen LogP contribution in [0.3, 0.4) is 0 Å². The number of carbonyl (C=O) groups is 4. The third-order valence-electron chi connectivity index (χ3n) is 2.85. The largest absolute Gasteiger partial charge is 0.534 e. The molecule has 9 heteroatoms. The van der Waals surface area contributed by atoms with Crippen molar-refractivity contribution in [2.45, 2.75) is 25.4 Å². The summed E-state index contributed by atoms with van der Waals surface area (Å²) in [5, 5.41) is 9.10. The highest BCUT2D eigenvalue weighted by atomic mass is 16.8. The molecule has 2 rings (SSSR count). The van der Waals surface area contributed by atoms with Gasteiger partial charge in [0.1, 0.15) is 6.10 Å². The Balaban J connectivity index is 1.81. The molecule has 0 aromatic carbocycles. The van der Waals surface area contributed by atoms with Gasteiger partial charge in [-0.25, -0.2) is 9.59 Å². The number of imide groups is 1. The molecular formula is C10H12N2O7. The van der Waals surface area contributed by atoms with Crippen LogP contribution in [0.5, 0.6) is 0 Å². The summed E-state index contributed by atoms with van der Waals surface area (Å²) < 4.78 is 4.84. The quantitative estimate of drug-likeness (QED) is 0.554. The molecule has 1 unspecified atom stereocenters. The Morgan fingerprint density at radius 2 is 1.84 bits per heavy atom. The number of hydroxylamine groups is 2. The van der Waals surface area contributed by atoms with Gasteiger partial charge in [0.05, 0.1) is 6.54 Å². The zero-order valence-electron chi connectivity index (χ0n) is 9.90. The van der Waals surface area contributed by atoms with Crippen molar-refractivity contribution in [3.63, 3.8) is 0 Å². The van der Waals surface area contributed by atoms with Gasteiger partial charge >= 0.3 is 12.2 Å². The molecule has 0 aliphatic carbocycles. The number of hydrogen-bond donors (Lipinski definition) is 1. The molecule has 3 amide bonds. The van der Waals surface area contributed by atoms with Gasteiger partial charge in [-0.3, -0.25) is 14.4 Å². The Labute approximate surface area is 107 Å². The van der Waals surface area contributed by atoms with E-state index in [1.165, 1.54) is 0 Å². The fourth-order valence-electron chi connectivity index (χ4n) is 1.89. The van der Waals surface area contributed by atoms with Crippen LogP contribution in [0.4, 0.5) is 9.59 Å². The monoisotopic (exact) mass is 272 g/mol. The Morgan fingerprint density at radius 1 is 1.21 bits per heavy atom. The molecule has 2 fully saturated rings. The highest BCUT2D eigenvalue weighted by Gasteiger charge is 2.35. The van der Waals surface area contributed by atoms with Crippen LogP contribution in [0, 0.1) is 0 Å². The molecule has 0 spiro atoms. The van der Waals surface area contributed by atoms with E-state index in [4.69, 9.17) is 9.84 Å². The van der Waals surface area contributed by atoms with E-state index in [1.54, 1.807) is 0 Å². The van der Waals surface area contributed by atoms with Crippen molar-refractivity contribution >= 4 is 24.1 Å². The summed E-state index contributed by atoms with van der Waals surface area (Å²) in [5.74, 6) is -1.19. The number of hydrogen-bond acceptors (Lipinski definition) is 6. The number of amides is 3. The molecule has 0 saturated carbocycles. The number of carboxylic acid groups (broad SMARTS) is 1. The van der Waals surface area contributed by atoms with Crippen molar-refractivity contribution in [3.8, 4) is 0 Å². The molecule has 0 aromatic rings. The fraction of sp³-hybridized carbons (Fsp3) is 0.600. The Kier molecular flexibility index (Phi) is 3.54. The van der Waals surface area contributed by atoms with E-state index < -0.39 is 30.2 Å². The molecule has 1 N–H and O–H groups in total.